The van der Waals surface area contributed by atoms with Gasteiger partial charge in [-0.15, -0.1) is 10.2 Å². The summed E-state index contributed by atoms with van der Waals surface area (Å²) in [4.78, 5) is 4.71. The molecule has 0 unspecified atom stereocenters. The molecular weight excluding hydrogens is 340 g/mol. The molecule has 0 aliphatic rings. The van der Waals surface area contributed by atoms with Crippen LogP contribution in [0.2, 0.25) is 0 Å². The number of hydrogen-bond acceptors (Lipinski definition) is 4. The van der Waals surface area contributed by atoms with Crippen LogP contribution in [0.25, 0.3) is 5.65 Å². The first-order chi connectivity index (χ1) is 13.3. The van der Waals surface area contributed by atoms with Crippen molar-refractivity contribution in [3.8, 4) is 0 Å². The van der Waals surface area contributed by atoms with Crippen molar-refractivity contribution in [1.29, 1.82) is 0 Å². The van der Waals surface area contributed by atoms with Crippen LogP contribution in [0, 0.1) is 0 Å². The fourth-order valence-electron chi connectivity index (χ4n) is 2.74. The highest BCUT2D eigenvalue weighted by Gasteiger charge is 2.06. The van der Waals surface area contributed by atoms with E-state index in [4.69, 9.17) is 9.73 Å². The maximum atomic E-state index is 5.55. The lowest BCUT2D eigenvalue weighted by Gasteiger charge is -2.12. The number of fused-ring (bicyclic) bond motifs is 1. The minimum absolute atomic E-state index is 0.539. The highest BCUT2D eigenvalue weighted by Crippen LogP contribution is 2.11. The Kier molecular flexibility index (Phi) is 6.76. The van der Waals surface area contributed by atoms with E-state index in [0.717, 1.165) is 29.5 Å². The van der Waals surface area contributed by atoms with Crippen molar-refractivity contribution in [3.05, 3.63) is 65.6 Å². The van der Waals surface area contributed by atoms with Crippen molar-refractivity contribution in [2.75, 3.05) is 13.2 Å². The van der Waals surface area contributed by atoms with Gasteiger partial charge in [0.1, 0.15) is 0 Å². The van der Waals surface area contributed by atoms with E-state index in [0.29, 0.717) is 26.3 Å². The Balaban J connectivity index is 1.68. The minimum atomic E-state index is 0.539. The highest BCUT2D eigenvalue weighted by molar-refractivity contribution is 5.79. The van der Waals surface area contributed by atoms with Gasteiger partial charge in [0.2, 0.25) is 0 Å². The summed E-state index contributed by atoms with van der Waals surface area (Å²) in [7, 11) is 0. The van der Waals surface area contributed by atoms with E-state index in [1.807, 2.05) is 54.8 Å². The van der Waals surface area contributed by atoms with Gasteiger partial charge >= 0.3 is 0 Å². The first-order valence-corrected chi connectivity index (χ1v) is 9.27. The molecule has 0 saturated carbocycles. The number of aliphatic imine (C=N–C) groups is 1. The summed E-state index contributed by atoms with van der Waals surface area (Å²) < 4.78 is 7.52. The molecule has 0 aliphatic carbocycles. The maximum Gasteiger partial charge on any atom is 0.191 e. The molecule has 0 atom stereocenters. The number of nitrogens with one attached hydrogen (secondary N) is 2. The summed E-state index contributed by atoms with van der Waals surface area (Å²) in [6, 6.07) is 14.1. The largest absolute Gasteiger partial charge is 0.377 e. The van der Waals surface area contributed by atoms with Crippen molar-refractivity contribution in [2.24, 2.45) is 4.99 Å². The summed E-state index contributed by atoms with van der Waals surface area (Å²) in [5.74, 6) is 1.59. The number of ether oxygens (including phenoxy) is 1. The van der Waals surface area contributed by atoms with Crippen LogP contribution in [-0.2, 0) is 24.4 Å². The van der Waals surface area contributed by atoms with E-state index in [1.165, 1.54) is 5.56 Å². The number of guanidine groups is 1. The van der Waals surface area contributed by atoms with Crippen LogP contribution in [0.3, 0.4) is 0 Å². The molecule has 0 saturated heterocycles. The van der Waals surface area contributed by atoms with Crippen molar-refractivity contribution < 1.29 is 4.74 Å². The second-order valence-corrected chi connectivity index (χ2v) is 6.00. The summed E-state index contributed by atoms with van der Waals surface area (Å²) in [5, 5.41) is 15.0. The monoisotopic (exact) mass is 366 g/mol. The Morgan fingerprint density at radius 1 is 1.04 bits per heavy atom. The molecule has 0 fully saturated rings. The molecule has 2 N–H and O–H groups in total. The number of benzene rings is 1. The maximum absolute atomic E-state index is 5.55. The Hall–Kier alpha value is -2.93. The van der Waals surface area contributed by atoms with E-state index in [-0.39, 0.29) is 0 Å². The van der Waals surface area contributed by atoms with E-state index in [2.05, 4.69) is 33.0 Å². The van der Waals surface area contributed by atoms with Gasteiger partial charge in [0.25, 0.3) is 0 Å². The average molecular weight is 366 g/mol. The normalized spacial score (nSPS) is 11.7. The molecule has 0 radical (unpaired) electrons. The van der Waals surface area contributed by atoms with Gasteiger partial charge in [0.05, 0.1) is 19.7 Å². The van der Waals surface area contributed by atoms with Crippen LogP contribution in [0.4, 0.5) is 0 Å². The van der Waals surface area contributed by atoms with Crippen molar-refractivity contribution in [1.82, 2.24) is 25.2 Å². The van der Waals surface area contributed by atoms with E-state index in [1.54, 1.807) is 0 Å². The van der Waals surface area contributed by atoms with Gasteiger partial charge in [-0.05, 0) is 37.1 Å². The third kappa shape index (κ3) is 5.04. The summed E-state index contributed by atoms with van der Waals surface area (Å²) in [6.45, 7) is 7.27. The Labute approximate surface area is 159 Å². The van der Waals surface area contributed by atoms with Crippen LogP contribution in [0.15, 0.2) is 53.7 Å². The quantitative estimate of drug-likeness (QED) is 0.473. The summed E-state index contributed by atoms with van der Waals surface area (Å²) >= 11 is 0. The fraction of sp³-hybridized carbons (Fsp3) is 0.350. The molecule has 3 aromatic rings. The van der Waals surface area contributed by atoms with Crippen molar-refractivity contribution >= 4 is 11.6 Å². The topological polar surface area (TPSA) is 75.8 Å². The van der Waals surface area contributed by atoms with Crippen LogP contribution >= 0.6 is 0 Å². The number of aromatic nitrogens is 3. The SMILES string of the molecule is CCNC(=NCc1ccccc1COCC)NCc1nnc2ccccn12. The smallest absolute Gasteiger partial charge is 0.191 e. The van der Waals surface area contributed by atoms with E-state index in [9.17, 15) is 0 Å². The molecule has 7 nitrogen and oxygen atoms in total. The number of hydrogen-bond donors (Lipinski definition) is 2. The van der Waals surface area contributed by atoms with Crippen LogP contribution < -0.4 is 10.6 Å². The molecule has 3 rings (SSSR count). The van der Waals surface area contributed by atoms with Gasteiger partial charge in [-0.2, -0.15) is 0 Å². The highest BCUT2D eigenvalue weighted by atomic mass is 16.5. The molecule has 0 spiro atoms. The second kappa shape index (κ2) is 9.68. The Bertz CT molecular complexity index is 889. The lowest BCUT2D eigenvalue weighted by molar-refractivity contribution is 0.133. The zero-order chi connectivity index (χ0) is 18.9. The number of rotatable bonds is 8. The van der Waals surface area contributed by atoms with Gasteiger partial charge in [-0.25, -0.2) is 4.99 Å². The minimum Gasteiger partial charge on any atom is -0.377 e. The molecule has 2 heterocycles. The van der Waals surface area contributed by atoms with Gasteiger partial charge in [-0.3, -0.25) is 4.40 Å². The van der Waals surface area contributed by atoms with Crippen molar-refractivity contribution in [2.45, 2.75) is 33.5 Å². The lowest BCUT2D eigenvalue weighted by Crippen LogP contribution is -2.37. The summed E-state index contributed by atoms with van der Waals surface area (Å²) in [5.41, 5.74) is 3.17. The zero-order valence-corrected chi connectivity index (χ0v) is 15.9. The zero-order valence-electron chi connectivity index (χ0n) is 15.9. The molecule has 2 aromatic heterocycles. The molecule has 27 heavy (non-hydrogen) atoms. The molecule has 0 amide bonds. The van der Waals surface area contributed by atoms with Gasteiger partial charge < -0.3 is 15.4 Å². The Morgan fingerprint density at radius 2 is 1.85 bits per heavy atom. The molecule has 142 valence electrons. The predicted molar refractivity (Wildman–Crippen MR) is 106 cm³/mol. The fourth-order valence-corrected chi connectivity index (χ4v) is 2.74. The third-order valence-electron chi connectivity index (χ3n) is 4.13. The van der Waals surface area contributed by atoms with Gasteiger partial charge in [0, 0.05) is 19.3 Å². The third-order valence-corrected chi connectivity index (χ3v) is 4.13. The summed E-state index contributed by atoms with van der Waals surface area (Å²) in [6.07, 6.45) is 1.96. The molecule has 0 aliphatic heterocycles. The number of nitrogens with zero attached hydrogens (tertiary/aromatic N) is 4. The molecular formula is C20H26N6O. The van der Waals surface area contributed by atoms with E-state index < -0.39 is 0 Å². The molecule has 7 heteroatoms. The van der Waals surface area contributed by atoms with Crippen LogP contribution in [0.5, 0.6) is 0 Å². The average Bonchev–Trinajstić information content (AvgIpc) is 3.12. The Morgan fingerprint density at radius 3 is 2.67 bits per heavy atom. The van der Waals surface area contributed by atoms with Gasteiger partial charge in [0.15, 0.2) is 17.4 Å². The standard InChI is InChI=1S/C20H26N6O/c1-3-21-20(22-13-16-9-5-6-10-17(16)15-27-4-2)23-14-19-25-24-18-11-7-8-12-26(18)19/h5-12H,3-4,13-15H2,1-2H3,(H2,21,22,23). The van der Waals surface area contributed by atoms with E-state index >= 15 is 0 Å². The first-order valence-electron chi connectivity index (χ1n) is 9.27. The first kappa shape index (κ1) is 18.8. The molecule has 1 aromatic carbocycles. The predicted octanol–water partition coefficient (Wildman–Crippen LogP) is 2.52. The van der Waals surface area contributed by atoms with Crippen LogP contribution in [-0.4, -0.2) is 33.7 Å². The lowest BCUT2D eigenvalue weighted by atomic mass is 10.1. The number of pyridine rings is 1. The van der Waals surface area contributed by atoms with Crippen molar-refractivity contribution in [3.63, 3.8) is 0 Å². The molecule has 0 bridgehead atoms. The van der Waals surface area contributed by atoms with Crippen LogP contribution in [0.1, 0.15) is 30.8 Å². The van der Waals surface area contributed by atoms with Gasteiger partial charge in [-0.1, -0.05) is 30.3 Å². The second-order valence-electron chi connectivity index (χ2n) is 6.00.